The molecule has 2 N–H and O–H groups in total. The maximum Gasteiger partial charge on any atom is 0.270 e. The van der Waals surface area contributed by atoms with Crippen molar-refractivity contribution >= 4 is 34.1 Å². The van der Waals surface area contributed by atoms with Crippen LogP contribution in [0.1, 0.15) is 40.9 Å². The predicted octanol–water partition coefficient (Wildman–Crippen LogP) is 3.23. The second-order valence-corrected chi connectivity index (χ2v) is 5.78. The van der Waals surface area contributed by atoms with Crippen LogP contribution in [0, 0.1) is 0 Å². The smallest absolute Gasteiger partial charge is 0.270 e. The van der Waals surface area contributed by atoms with Gasteiger partial charge in [-0.2, -0.15) is 0 Å². The molecule has 102 valence electrons. The minimum absolute atomic E-state index is 0.130. The summed E-state index contributed by atoms with van der Waals surface area (Å²) in [7, 11) is 0. The highest BCUT2D eigenvalue weighted by atomic mass is 35.5. The van der Waals surface area contributed by atoms with E-state index in [1.54, 1.807) is 12.1 Å². The standard InChI is InChI=1S/C15H14ClN3O/c16-10-7-6-9-12-13(18-19-15(9)20)8-4-2-1-3-5-11(8)17-14(10)12/h6-7,18H,1-5H2,(H,19,20). The lowest BCUT2D eigenvalue weighted by Gasteiger charge is -2.23. The molecular formula is C15H14ClN3O. The topological polar surface area (TPSA) is 54.0 Å². The molecule has 1 amide bonds. The molecule has 1 aromatic heterocycles. The molecule has 1 aliphatic carbocycles. The minimum atomic E-state index is -0.130. The summed E-state index contributed by atoms with van der Waals surface area (Å²) in [5.41, 5.74) is 10.5. The molecule has 0 fully saturated rings. The van der Waals surface area contributed by atoms with Gasteiger partial charge in [-0.3, -0.25) is 20.6 Å². The summed E-state index contributed by atoms with van der Waals surface area (Å²) in [5.74, 6) is -0.130. The van der Waals surface area contributed by atoms with Crippen LogP contribution in [0.25, 0.3) is 10.9 Å². The molecule has 4 rings (SSSR count). The zero-order valence-corrected chi connectivity index (χ0v) is 11.7. The van der Waals surface area contributed by atoms with E-state index in [0.717, 1.165) is 41.5 Å². The van der Waals surface area contributed by atoms with Crippen LogP contribution < -0.4 is 10.9 Å². The van der Waals surface area contributed by atoms with Gasteiger partial charge < -0.3 is 0 Å². The average molecular weight is 288 g/mol. The van der Waals surface area contributed by atoms with Crippen molar-refractivity contribution < 1.29 is 4.79 Å². The van der Waals surface area contributed by atoms with E-state index in [2.05, 4.69) is 10.9 Å². The van der Waals surface area contributed by atoms with Crippen molar-refractivity contribution in [2.75, 3.05) is 5.43 Å². The second-order valence-electron chi connectivity index (χ2n) is 5.37. The van der Waals surface area contributed by atoms with E-state index in [9.17, 15) is 4.79 Å². The third-order valence-corrected chi connectivity index (χ3v) is 4.47. The van der Waals surface area contributed by atoms with E-state index in [-0.39, 0.29) is 5.91 Å². The van der Waals surface area contributed by atoms with Gasteiger partial charge in [0, 0.05) is 11.1 Å². The molecule has 0 spiro atoms. The summed E-state index contributed by atoms with van der Waals surface area (Å²) < 4.78 is 0. The lowest BCUT2D eigenvalue weighted by molar-refractivity contribution is 0.0962. The van der Waals surface area contributed by atoms with Crippen LogP contribution in [-0.2, 0) is 12.8 Å². The molecule has 0 radical (unpaired) electrons. The zero-order valence-electron chi connectivity index (χ0n) is 10.9. The first-order valence-electron chi connectivity index (χ1n) is 6.96. The molecule has 0 saturated carbocycles. The number of pyridine rings is 1. The zero-order chi connectivity index (χ0) is 13.7. The average Bonchev–Trinajstić information content (AvgIpc) is 2.69. The van der Waals surface area contributed by atoms with E-state index in [4.69, 9.17) is 16.6 Å². The number of carbonyl (C=O) groups is 1. The van der Waals surface area contributed by atoms with Crippen LogP contribution in [0.4, 0.5) is 5.69 Å². The fourth-order valence-corrected chi connectivity index (χ4v) is 3.39. The lowest BCUT2D eigenvalue weighted by Crippen LogP contribution is -2.34. The Morgan fingerprint density at radius 1 is 1.10 bits per heavy atom. The summed E-state index contributed by atoms with van der Waals surface area (Å²) in [6.45, 7) is 0. The highest BCUT2D eigenvalue weighted by Crippen LogP contribution is 2.38. The number of anilines is 1. The largest absolute Gasteiger partial charge is 0.297 e. The van der Waals surface area contributed by atoms with Gasteiger partial charge in [-0.15, -0.1) is 0 Å². The SMILES string of the molecule is O=C1NNc2c3c(nc4c(Cl)ccc1c24)CCCCC3. The highest BCUT2D eigenvalue weighted by molar-refractivity contribution is 6.36. The fraction of sp³-hybridized carbons (Fsp3) is 0.333. The quantitative estimate of drug-likeness (QED) is 0.732. The number of hydrogen-bond acceptors (Lipinski definition) is 3. The molecule has 20 heavy (non-hydrogen) atoms. The van der Waals surface area contributed by atoms with E-state index in [0.29, 0.717) is 10.6 Å². The van der Waals surface area contributed by atoms with Crippen molar-refractivity contribution in [1.82, 2.24) is 10.4 Å². The number of halogens is 1. The predicted molar refractivity (Wildman–Crippen MR) is 79.1 cm³/mol. The molecule has 1 aliphatic heterocycles. The fourth-order valence-electron chi connectivity index (χ4n) is 3.19. The van der Waals surface area contributed by atoms with Crippen molar-refractivity contribution in [3.8, 4) is 0 Å². The van der Waals surface area contributed by atoms with Crippen LogP contribution in [0.2, 0.25) is 5.02 Å². The van der Waals surface area contributed by atoms with Crippen LogP contribution in [0.15, 0.2) is 12.1 Å². The normalized spacial score (nSPS) is 17.1. The molecular weight excluding hydrogens is 274 g/mol. The number of aromatic nitrogens is 1. The lowest BCUT2D eigenvalue weighted by atomic mass is 9.97. The molecule has 0 unspecified atom stereocenters. The van der Waals surface area contributed by atoms with Crippen molar-refractivity contribution in [2.45, 2.75) is 32.1 Å². The molecule has 5 heteroatoms. The summed E-state index contributed by atoms with van der Waals surface area (Å²) in [4.78, 5) is 16.7. The molecule has 0 atom stereocenters. The van der Waals surface area contributed by atoms with E-state index < -0.39 is 0 Å². The monoisotopic (exact) mass is 287 g/mol. The number of nitrogens with zero attached hydrogens (tertiary/aromatic N) is 1. The Kier molecular flexibility index (Phi) is 2.60. The second kappa shape index (κ2) is 4.35. The number of amides is 1. The molecule has 2 aromatic rings. The van der Waals surface area contributed by atoms with Crippen LogP contribution in [0.5, 0.6) is 0 Å². The van der Waals surface area contributed by atoms with Crippen molar-refractivity contribution in [3.05, 3.63) is 34.0 Å². The third-order valence-electron chi connectivity index (χ3n) is 4.16. The van der Waals surface area contributed by atoms with E-state index >= 15 is 0 Å². The van der Waals surface area contributed by atoms with Gasteiger partial charge in [0.15, 0.2) is 0 Å². The number of carbonyl (C=O) groups excluding carboxylic acids is 1. The molecule has 0 saturated heterocycles. The van der Waals surface area contributed by atoms with Crippen molar-refractivity contribution in [2.24, 2.45) is 0 Å². The first kappa shape index (κ1) is 12.0. The summed E-state index contributed by atoms with van der Waals surface area (Å²) in [6, 6.07) is 3.53. The third kappa shape index (κ3) is 1.61. The number of benzene rings is 1. The summed E-state index contributed by atoms with van der Waals surface area (Å²) in [5, 5.41) is 1.47. The van der Waals surface area contributed by atoms with Gasteiger partial charge in [0.2, 0.25) is 0 Å². The Hall–Kier alpha value is -1.81. The Labute approximate surface area is 121 Å². The number of rotatable bonds is 0. The van der Waals surface area contributed by atoms with Crippen molar-refractivity contribution in [3.63, 3.8) is 0 Å². The highest BCUT2D eigenvalue weighted by Gasteiger charge is 2.25. The number of nitrogens with one attached hydrogen (secondary N) is 2. The number of hydrogen-bond donors (Lipinski definition) is 2. The van der Waals surface area contributed by atoms with Crippen LogP contribution in [0.3, 0.4) is 0 Å². The summed E-state index contributed by atoms with van der Waals surface area (Å²) >= 11 is 6.29. The Morgan fingerprint density at radius 3 is 2.85 bits per heavy atom. The molecule has 0 bridgehead atoms. The summed E-state index contributed by atoms with van der Waals surface area (Å²) in [6.07, 6.45) is 5.53. The van der Waals surface area contributed by atoms with Crippen LogP contribution in [-0.4, -0.2) is 10.9 Å². The van der Waals surface area contributed by atoms with Gasteiger partial charge in [0.05, 0.1) is 21.8 Å². The van der Waals surface area contributed by atoms with Gasteiger partial charge in [-0.25, -0.2) is 0 Å². The van der Waals surface area contributed by atoms with E-state index in [1.165, 1.54) is 18.4 Å². The maximum absolute atomic E-state index is 12.0. The first-order valence-corrected chi connectivity index (χ1v) is 7.34. The van der Waals surface area contributed by atoms with Crippen molar-refractivity contribution in [1.29, 1.82) is 0 Å². The first-order chi connectivity index (χ1) is 9.75. The number of aryl methyl sites for hydroxylation is 1. The molecule has 4 nitrogen and oxygen atoms in total. The minimum Gasteiger partial charge on any atom is -0.297 e. The molecule has 2 aliphatic rings. The van der Waals surface area contributed by atoms with Gasteiger partial charge >= 0.3 is 0 Å². The van der Waals surface area contributed by atoms with Gasteiger partial charge in [-0.05, 0) is 43.4 Å². The molecule has 2 heterocycles. The van der Waals surface area contributed by atoms with Gasteiger partial charge in [0.25, 0.3) is 5.91 Å². The Balaban J connectivity index is 2.13. The number of hydrazine groups is 1. The van der Waals surface area contributed by atoms with Crippen LogP contribution >= 0.6 is 11.6 Å². The Morgan fingerprint density at radius 2 is 1.95 bits per heavy atom. The molecule has 1 aromatic carbocycles. The van der Waals surface area contributed by atoms with E-state index in [1.807, 2.05) is 0 Å². The maximum atomic E-state index is 12.0. The Bertz CT molecular complexity index is 742. The van der Waals surface area contributed by atoms with Gasteiger partial charge in [-0.1, -0.05) is 18.0 Å². The van der Waals surface area contributed by atoms with Gasteiger partial charge in [0.1, 0.15) is 0 Å². The number of fused-ring (bicyclic) bond motifs is 2.